The number of carbonyl (C=O) groups excluding carboxylic acids is 1. The summed E-state index contributed by atoms with van der Waals surface area (Å²) in [6.45, 7) is 0. The first-order chi connectivity index (χ1) is 10.0. The minimum absolute atomic E-state index is 0.126. The zero-order chi connectivity index (χ0) is 15.0. The summed E-state index contributed by atoms with van der Waals surface area (Å²) in [5.74, 6) is -0.413. The molecule has 0 aliphatic carbocycles. The molecule has 1 aromatic rings. The summed E-state index contributed by atoms with van der Waals surface area (Å²) in [6.07, 6.45) is 4.50. The number of aromatic nitrogens is 1. The van der Waals surface area contributed by atoms with Gasteiger partial charge in [-0.1, -0.05) is 6.42 Å². The first-order valence-electron chi connectivity index (χ1n) is 7.15. The van der Waals surface area contributed by atoms with E-state index in [1.165, 1.54) is 12.3 Å². The fraction of sp³-hybridized carbons (Fsp3) is 0.533. The Labute approximate surface area is 123 Å². The van der Waals surface area contributed by atoms with Gasteiger partial charge < -0.3 is 0 Å². The van der Waals surface area contributed by atoms with Gasteiger partial charge in [0, 0.05) is 12.1 Å². The Bertz CT molecular complexity index is 701. The monoisotopic (exact) mass is 304 g/mol. The first kappa shape index (κ1) is 14.2. The van der Waals surface area contributed by atoms with Gasteiger partial charge in [-0.05, 0) is 37.8 Å². The molecular weight excluding hydrogens is 288 g/mol. The molecule has 1 aromatic heterocycles. The molecule has 0 radical (unpaired) electrons. The van der Waals surface area contributed by atoms with Gasteiger partial charge >= 0.3 is 0 Å². The van der Waals surface area contributed by atoms with Gasteiger partial charge in [0.1, 0.15) is 5.69 Å². The van der Waals surface area contributed by atoms with E-state index in [0.717, 1.165) is 6.42 Å². The minimum atomic E-state index is -3.05. The Balaban J connectivity index is 1.85. The van der Waals surface area contributed by atoms with E-state index in [-0.39, 0.29) is 27.9 Å². The number of hydrogen-bond acceptors (Lipinski definition) is 5. The lowest BCUT2D eigenvalue weighted by Crippen LogP contribution is -2.45. The van der Waals surface area contributed by atoms with Crippen molar-refractivity contribution in [3.63, 3.8) is 0 Å². The van der Waals surface area contributed by atoms with Gasteiger partial charge in [-0.25, -0.2) is 8.42 Å². The second-order valence-electron chi connectivity index (χ2n) is 5.84. The van der Waals surface area contributed by atoms with Crippen LogP contribution in [0.2, 0.25) is 0 Å². The Morgan fingerprint density at radius 3 is 2.57 bits per heavy atom. The van der Waals surface area contributed by atoms with Crippen molar-refractivity contribution >= 4 is 15.6 Å². The van der Waals surface area contributed by atoms with Gasteiger partial charge in [0.05, 0.1) is 22.1 Å². The van der Waals surface area contributed by atoms with Crippen LogP contribution < -0.4 is 0 Å². The lowest BCUT2D eigenvalue weighted by Gasteiger charge is -2.37. The van der Waals surface area contributed by atoms with Crippen LogP contribution in [0.3, 0.4) is 0 Å². The van der Waals surface area contributed by atoms with Crippen LogP contribution in [-0.4, -0.2) is 29.7 Å². The topological polar surface area (TPSA) is 87.9 Å². The molecule has 2 aliphatic heterocycles. The molecule has 2 fully saturated rings. The lowest BCUT2D eigenvalue weighted by molar-refractivity contribution is 0.0888. The summed E-state index contributed by atoms with van der Waals surface area (Å²) in [5.41, 5.74) is 0.674. The van der Waals surface area contributed by atoms with Crippen molar-refractivity contribution in [1.82, 2.24) is 4.98 Å². The zero-order valence-electron chi connectivity index (χ0n) is 11.5. The molecule has 0 N–H and O–H groups in total. The number of ketones is 1. The third kappa shape index (κ3) is 2.46. The Morgan fingerprint density at radius 1 is 1.29 bits per heavy atom. The number of nitrogens with zero attached hydrogens (tertiary/aromatic N) is 2. The van der Waals surface area contributed by atoms with E-state index in [1.807, 2.05) is 6.07 Å². The third-order valence-electron chi connectivity index (χ3n) is 4.59. The molecule has 2 saturated heterocycles. The quantitative estimate of drug-likeness (QED) is 0.778. The van der Waals surface area contributed by atoms with Gasteiger partial charge in [-0.2, -0.15) is 5.26 Å². The fourth-order valence-electron chi connectivity index (χ4n) is 3.47. The highest BCUT2D eigenvalue weighted by Gasteiger charge is 2.46. The van der Waals surface area contributed by atoms with E-state index < -0.39 is 9.84 Å². The Kier molecular flexibility index (Phi) is 3.54. The molecule has 21 heavy (non-hydrogen) atoms. The standard InChI is InChI=1S/C15H16N2O3S/c16-9-10-4-5-17-14(6-10)15(18)11-7-12-2-1-3-13(8-11)21(12,19)20/h4-6,11-13H,1-3,7-8H2. The molecular formula is C15H16N2O3S. The molecule has 2 unspecified atom stereocenters. The van der Waals surface area contributed by atoms with Crippen molar-refractivity contribution in [3.05, 3.63) is 29.6 Å². The summed E-state index contributed by atoms with van der Waals surface area (Å²) in [5, 5.41) is 8.13. The SMILES string of the molecule is N#Cc1ccnc(C(=O)C2CC3CCCC(C2)S3(=O)=O)c1. The predicted octanol–water partition coefficient (Wildman–Crippen LogP) is 1.88. The second-order valence-corrected chi connectivity index (χ2v) is 8.35. The number of pyridine rings is 1. The summed E-state index contributed by atoms with van der Waals surface area (Å²) in [7, 11) is -3.05. The van der Waals surface area contributed by atoms with Gasteiger partial charge in [0.15, 0.2) is 15.6 Å². The second kappa shape index (κ2) is 5.23. The number of sulfone groups is 1. The van der Waals surface area contributed by atoms with Crippen LogP contribution in [0, 0.1) is 17.2 Å². The molecule has 5 nitrogen and oxygen atoms in total. The van der Waals surface area contributed by atoms with Crippen LogP contribution in [-0.2, 0) is 9.84 Å². The normalized spacial score (nSPS) is 30.3. The third-order valence-corrected chi connectivity index (χ3v) is 7.30. The number of fused-ring (bicyclic) bond motifs is 2. The molecule has 3 heterocycles. The summed E-state index contributed by atoms with van der Waals surface area (Å²) >= 11 is 0. The summed E-state index contributed by atoms with van der Waals surface area (Å²) in [6, 6.07) is 5.03. The van der Waals surface area contributed by atoms with Gasteiger partial charge in [-0.3, -0.25) is 9.78 Å². The maximum absolute atomic E-state index is 12.5. The molecule has 0 spiro atoms. The summed E-state index contributed by atoms with van der Waals surface area (Å²) < 4.78 is 24.5. The van der Waals surface area contributed by atoms with Crippen molar-refractivity contribution in [1.29, 1.82) is 5.26 Å². The van der Waals surface area contributed by atoms with Crippen molar-refractivity contribution in [3.8, 4) is 6.07 Å². The van der Waals surface area contributed by atoms with Crippen molar-refractivity contribution < 1.29 is 13.2 Å². The van der Waals surface area contributed by atoms with Crippen molar-refractivity contribution in [2.24, 2.45) is 5.92 Å². The van der Waals surface area contributed by atoms with Crippen molar-refractivity contribution in [2.45, 2.75) is 42.6 Å². The van der Waals surface area contributed by atoms with E-state index in [0.29, 0.717) is 31.2 Å². The lowest BCUT2D eigenvalue weighted by atomic mass is 9.85. The first-order valence-corrected chi connectivity index (χ1v) is 8.76. The largest absolute Gasteiger partial charge is 0.292 e. The molecule has 2 atom stereocenters. The average molecular weight is 304 g/mol. The average Bonchev–Trinajstić information content (AvgIpc) is 2.45. The van der Waals surface area contributed by atoms with Crippen LogP contribution in [0.5, 0.6) is 0 Å². The number of nitriles is 1. The maximum atomic E-state index is 12.5. The van der Waals surface area contributed by atoms with E-state index >= 15 is 0 Å². The smallest absolute Gasteiger partial charge is 0.184 e. The number of hydrogen-bond donors (Lipinski definition) is 0. The minimum Gasteiger partial charge on any atom is -0.292 e. The Morgan fingerprint density at radius 2 is 1.95 bits per heavy atom. The number of rotatable bonds is 2. The van der Waals surface area contributed by atoms with Crippen LogP contribution in [0.25, 0.3) is 0 Å². The molecule has 2 aliphatic rings. The van der Waals surface area contributed by atoms with Crippen LogP contribution in [0.1, 0.15) is 48.2 Å². The molecule has 6 heteroatoms. The van der Waals surface area contributed by atoms with Gasteiger partial charge in [0.25, 0.3) is 0 Å². The number of carbonyl (C=O) groups is 1. The van der Waals surface area contributed by atoms with Crippen LogP contribution in [0.4, 0.5) is 0 Å². The molecule has 0 amide bonds. The molecule has 0 aromatic carbocycles. The van der Waals surface area contributed by atoms with Crippen LogP contribution in [0.15, 0.2) is 18.3 Å². The van der Waals surface area contributed by atoms with Gasteiger partial charge in [0.2, 0.25) is 0 Å². The highest BCUT2D eigenvalue weighted by molar-refractivity contribution is 7.92. The predicted molar refractivity (Wildman–Crippen MR) is 76.4 cm³/mol. The zero-order valence-corrected chi connectivity index (χ0v) is 12.3. The highest BCUT2D eigenvalue weighted by Crippen LogP contribution is 2.40. The van der Waals surface area contributed by atoms with Crippen molar-refractivity contribution in [2.75, 3.05) is 0 Å². The molecule has 0 saturated carbocycles. The van der Waals surface area contributed by atoms with Gasteiger partial charge in [-0.15, -0.1) is 0 Å². The fourth-order valence-corrected chi connectivity index (χ4v) is 6.00. The van der Waals surface area contributed by atoms with E-state index in [2.05, 4.69) is 4.98 Å². The Hall–Kier alpha value is -1.74. The van der Waals surface area contributed by atoms with E-state index in [4.69, 9.17) is 5.26 Å². The molecule has 3 rings (SSSR count). The number of Topliss-reactive ketones (excluding diaryl/α,β-unsaturated/α-hetero) is 1. The maximum Gasteiger partial charge on any atom is 0.184 e. The summed E-state index contributed by atoms with van der Waals surface area (Å²) in [4.78, 5) is 16.6. The molecule has 2 bridgehead atoms. The van der Waals surface area contributed by atoms with Crippen LogP contribution >= 0.6 is 0 Å². The van der Waals surface area contributed by atoms with E-state index in [9.17, 15) is 13.2 Å². The molecule has 110 valence electrons. The van der Waals surface area contributed by atoms with E-state index in [1.54, 1.807) is 6.07 Å². The highest BCUT2D eigenvalue weighted by atomic mass is 32.2.